The Kier molecular flexibility index (Phi) is 17.5. The Bertz CT molecular complexity index is 1910. The zero-order valence-corrected chi connectivity index (χ0v) is 29.3. The average molecular weight is 844 g/mol. The molecule has 0 amide bonds. The number of halogens is 10. The number of carboxylic acids is 4. The minimum absolute atomic E-state index is 0.146. The number of aromatic nitrogens is 4. The molecule has 2 aromatic carbocycles. The van der Waals surface area contributed by atoms with Gasteiger partial charge in [0.2, 0.25) is 0 Å². The summed E-state index contributed by atoms with van der Waals surface area (Å²) in [6, 6.07) is 16.1. The van der Waals surface area contributed by atoms with Crippen molar-refractivity contribution in [1.82, 2.24) is 24.8 Å². The van der Waals surface area contributed by atoms with Crippen LogP contribution in [0.15, 0.2) is 67.1 Å². The molecule has 1 aliphatic rings. The van der Waals surface area contributed by atoms with E-state index in [0.29, 0.717) is 24.3 Å². The van der Waals surface area contributed by atoms with E-state index in [-0.39, 0.29) is 24.3 Å². The Hall–Kier alpha value is -6.33. The predicted octanol–water partition coefficient (Wildman–Crippen LogP) is 7.17. The lowest BCUT2D eigenvalue weighted by atomic mass is 10.0. The molecule has 24 heteroatoms. The number of hydrogen-bond acceptors (Lipinski definition) is 9. The summed E-state index contributed by atoms with van der Waals surface area (Å²) < 4.78 is 117. The molecule has 2 aromatic heterocycles. The molecule has 58 heavy (non-hydrogen) atoms. The van der Waals surface area contributed by atoms with Crippen LogP contribution >= 0.6 is 0 Å². The summed E-state index contributed by atoms with van der Waals surface area (Å²) in [6.07, 6.45) is -8.39. The molecular weight excluding hydrogens is 812 g/mol. The summed E-state index contributed by atoms with van der Waals surface area (Å²) in [5.41, 5.74) is 4.10. The van der Waals surface area contributed by atoms with E-state index in [9.17, 15) is 48.7 Å². The van der Waals surface area contributed by atoms with E-state index in [1.165, 1.54) is 12.1 Å². The maximum Gasteiger partial charge on any atom is 0.490 e. The van der Waals surface area contributed by atoms with Gasteiger partial charge >= 0.3 is 48.4 Å². The van der Waals surface area contributed by atoms with Crippen molar-refractivity contribution in [3.05, 3.63) is 78.5 Å². The van der Waals surface area contributed by atoms with Crippen LogP contribution in [-0.4, -0.2) is 95.4 Å². The first-order valence-corrected chi connectivity index (χ1v) is 16.2. The standard InChI is InChI=1S/C28H28FN5O3.3C2HF3O2/c29-21-8-6-20(7-9-21)26-27(34(18-32-26)22-12-15-30-16-13-22)24-14-17-31-28(33-24)37-23-10-4-19(5-11-23)2-1-3-25(35)36;3*3-2(4,5)1(6)7/h4-11,14,17-18,22,30H,1-3,12-13,15-16H2,(H,35,36);3*(H,6,7). The highest BCUT2D eigenvalue weighted by atomic mass is 19.4. The fourth-order valence-electron chi connectivity index (χ4n) is 4.59. The Morgan fingerprint density at radius 1 is 0.741 bits per heavy atom. The van der Waals surface area contributed by atoms with Crippen molar-refractivity contribution in [2.24, 2.45) is 0 Å². The highest BCUT2D eigenvalue weighted by Gasteiger charge is 2.39. The molecule has 0 radical (unpaired) electrons. The van der Waals surface area contributed by atoms with Gasteiger partial charge in [-0.15, -0.1) is 0 Å². The number of ether oxygens (including phenoxy) is 1. The first-order chi connectivity index (χ1) is 26.9. The van der Waals surface area contributed by atoms with Crippen LogP contribution in [0.1, 0.15) is 37.3 Å². The summed E-state index contributed by atoms with van der Waals surface area (Å²) >= 11 is 0. The maximum atomic E-state index is 13.6. The highest BCUT2D eigenvalue weighted by Crippen LogP contribution is 2.35. The van der Waals surface area contributed by atoms with Crippen LogP contribution < -0.4 is 10.1 Å². The number of alkyl halides is 9. The fraction of sp³-hybridized carbons (Fsp3) is 0.324. The first-order valence-electron chi connectivity index (χ1n) is 16.2. The minimum atomic E-state index is -5.08. The van der Waals surface area contributed by atoms with Gasteiger partial charge in [-0.3, -0.25) is 4.79 Å². The number of hydrogen-bond donors (Lipinski definition) is 5. The molecule has 0 aliphatic carbocycles. The number of rotatable bonds is 9. The molecule has 0 unspecified atom stereocenters. The van der Waals surface area contributed by atoms with Gasteiger partial charge in [0.15, 0.2) is 0 Å². The molecule has 4 aromatic rings. The van der Waals surface area contributed by atoms with Crippen molar-refractivity contribution < 1.29 is 88.2 Å². The van der Waals surface area contributed by atoms with Crippen molar-refractivity contribution in [1.29, 1.82) is 0 Å². The lowest BCUT2D eigenvalue weighted by Gasteiger charge is -2.25. The van der Waals surface area contributed by atoms with Gasteiger partial charge < -0.3 is 35.0 Å². The van der Waals surface area contributed by atoms with E-state index >= 15 is 0 Å². The summed E-state index contributed by atoms with van der Waals surface area (Å²) in [5.74, 6) is -8.77. The zero-order valence-electron chi connectivity index (χ0n) is 29.3. The zero-order chi connectivity index (χ0) is 43.8. The van der Waals surface area contributed by atoms with E-state index in [1.807, 2.05) is 36.7 Å². The largest absolute Gasteiger partial charge is 0.490 e. The predicted molar refractivity (Wildman–Crippen MR) is 178 cm³/mol. The number of aryl methyl sites for hydroxylation is 1. The number of benzene rings is 2. The summed E-state index contributed by atoms with van der Waals surface area (Å²) in [4.78, 5) is 51.1. The van der Waals surface area contributed by atoms with Crippen molar-refractivity contribution in [3.63, 3.8) is 0 Å². The van der Waals surface area contributed by atoms with Gasteiger partial charge in [-0.2, -0.15) is 44.5 Å². The number of piperidine rings is 1. The van der Waals surface area contributed by atoms with Gasteiger partial charge in [-0.1, -0.05) is 12.1 Å². The Balaban J connectivity index is 0.000000453. The molecule has 14 nitrogen and oxygen atoms in total. The van der Waals surface area contributed by atoms with Crippen LogP contribution in [0.3, 0.4) is 0 Å². The number of carboxylic acid groups (broad SMARTS) is 4. The monoisotopic (exact) mass is 843 g/mol. The third-order valence-electron chi connectivity index (χ3n) is 7.21. The average Bonchev–Trinajstić information content (AvgIpc) is 3.58. The van der Waals surface area contributed by atoms with Gasteiger partial charge in [0.05, 0.1) is 23.4 Å². The lowest BCUT2D eigenvalue weighted by molar-refractivity contribution is -0.193. The fourth-order valence-corrected chi connectivity index (χ4v) is 4.59. The van der Waals surface area contributed by atoms with Crippen molar-refractivity contribution in [3.8, 4) is 34.4 Å². The topological polar surface area (TPSA) is 214 Å². The number of nitrogens with one attached hydrogen (secondary N) is 1. The van der Waals surface area contributed by atoms with Crippen molar-refractivity contribution in [2.45, 2.75) is 56.7 Å². The molecule has 1 fully saturated rings. The summed E-state index contributed by atoms with van der Waals surface area (Å²) in [7, 11) is 0. The molecule has 5 rings (SSSR count). The van der Waals surface area contributed by atoms with E-state index in [0.717, 1.165) is 48.4 Å². The second kappa shape index (κ2) is 21.3. The van der Waals surface area contributed by atoms with Crippen LogP contribution in [-0.2, 0) is 25.6 Å². The number of aliphatic carboxylic acids is 4. The Morgan fingerprint density at radius 3 is 1.71 bits per heavy atom. The minimum Gasteiger partial charge on any atom is -0.481 e. The first kappa shape index (κ1) is 47.8. The van der Waals surface area contributed by atoms with Crippen LogP contribution in [0, 0.1) is 5.82 Å². The molecule has 0 bridgehead atoms. The molecule has 0 atom stereocenters. The van der Waals surface area contributed by atoms with E-state index < -0.39 is 42.4 Å². The third kappa shape index (κ3) is 16.4. The van der Waals surface area contributed by atoms with E-state index in [1.54, 1.807) is 18.3 Å². The van der Waals surface area contributed by atoms with Crippen LogP contribution in [0.5, 0.6) is 11.8 Å². The number of imidazole rings is 1. The Labute approximate surface area is 319 Å². The summed E-state index contributed by atoms with van der Waals surface area (Å²) in [6.45, 7) is 1.86. The molecule has 1 saturated heterocycles. The normalized spacial score (nSPS) is 13.0. The highest BCUT2D eigenvalue weighted by molar-refractivity contribution is 5.77. The van der Waals surface area contributed by atoms with Gasteiger partial charge in [0.1, 0.15) is 11.6 Å². The SMILES string of the molecule is O=C(O)C(F)(F)F.O=C(O)C(F)(F)F.O=C(O)C(F)(F)F.O=C(O)CCCc1ccc(Oc2nccc(-c3c(-c4ccc(F)cc4)ncn3C3CCNCC3)n2)cc1. The van der Waals surface area contributed by atoms with Crippen LogP contribution in [0.25, 0.3) is 22.6 Å². The van der Waals surface area contributed by atoms with Gasteiger partial charge in [0, 0.05) is 24.2 Å². The van der Waals surface area contributed by atoms with E-state index in [4.69, 9.17) is 49.5 Å². The van der Waals surface area contributed by atoms with Crippen LogP contribution in [0.4, 0.5) is 43.9 Å². The van der Waals surface area contributed by atoms with Crippen molar-refractivity contribution >= 4 is 23.9 Å². The van der Waals surface area contributed by atoms with Gasteiger partial charge in [-0.25, -0.2) is 28.7 Å². The lowest BCUT2D eigenvalue weighted by Crippen LogP contribution is -2.29. The second-order valence-electron chi connectivity index (χ2n) is 11.5. The van der Waals surface area contributed by atoms with Gasteiger partial charge in [-0.05, 0) is 86.8 Å². The molecule has 316 valence electrons. The Morgan fingerprint density at radius 2 is 1.24 bits per heavy atom. The third-order valence-corrected chi connectivity index (χ3v) is 7.21. The quantitative estimate of drug-likeness (QED) is 0.106. The smallest absolute Gasteiger partial charge is 0.481 e. The molecule has 0 spiro atoms. The van der Waals surface area contributed by atoms with Crippen molar-refractivity contribution in [2.75, 3.05) is 13.1 Å². The van der Waals surface area contributed by atoms with Crippen LogP contribution in [0.2, 0.25) is 0 Å². The maximum absolute atomic E-state index is 13.6. The molecule has 0 saturated carbocycles. The molecule has 5 N–H and O–H groups in total. The molecular formula is C34H31F10N5O9. The van der Waals surface area contributed by atoms with Gasteiger partial charge in [0.25, 0.3) is 0 Å². The molecule has 3 heterocycles. The number of nitrogens with zero attached hydrogens (tertiary/aromatic N) is 4. The summed E-state index contributed by atoms with van der Waals surface area (Å²) in [5, 5.41) is 33.6. The number of carbonyl (C=O) groups is 4. The van der Waals surface area contributed by atoms with E-state index in [2.05, 4.69) is 14.9 Å². The second-order valence-corrected chi connectivity index (χ2v) is 11.5. The molecule has 1 aliphatic heterocycles.